The molecule has 0 aromatic heterocycles. The minimum Gasteiger partial charge on any atom is -0.384 e. The molecule has 0 spiro atoms. The maximum atomic E-state index is 10.7. The van der Waals surface area contributed by atoms with Gasteiger partial charge in [-0.05, 0) is 30.9 Å². The van der Waals surface area contributed by atoms with Gasteiger partial charge in [-0.15, -0.1) is 0 Å². The molecule has 0 saturated carbocycles. The fraction of sp³-hybridized carbons (Fsp3) is 0.455. The Morgan fingerprint density at radius 3 is 2.88 bits per heavy atom. The highest BCUT2D eigenvalue weighted by Gasteiger charge is 2.14. The molecule has 0 bridgehead atoms. The van der Waals surface area contributed by atoms with Crippen molar-refractivity contribution in [1.82, 2.24) is 0 Å². The van der Waals surface area contributed by atoms with E-state index in [9.17, 15) is 10.1 Å². The molecule has 0 unspecified atom stereocenters. The molecule has 0 radical (unpaired) electrons. The van der Waals surface area contributed by atoms with E-state index in [1.165, 1.54) is 6.07 Å². The Balaban J connectivity index is 2.54. The number of nitro benzene ring substituents is 1. The smallest absolute Gasteiger partial charge is 0.289 e. The van der Waals surface area contributed by atoms with Gasteiger partial charge < -0.3 is 5.32 Å². The van der Waals surface area contributed by atoms with Crippen molar-refractivity contribution in [2.24, 2.45) is 0 Å². The van der Waals surface area contributed by atoms with Gasteiger partial charge in [0.25, 0.3) is 5.69 Å². The lowest BCUT2D eigenvalue weighted by Gasteiger charge is -2.07. The van der Waals surface area contributed by atoms with Crippen LogP contribution in [0.2, 0.25) is 5.02 Å². The van der Waals surface area contributed by atoms with Crippen LogP contribution in [-0.4, -0.2) is 23.5 Å². The summed E-state index contributed by atoms with van der Waals surface area (Å²) in [6.45, 7) is 0.779. The van der Waals surface area contributed by atoms with Gasteiger partial charge in [0.05, 0.1) is 10.6 Å². The summed E-state index contributed by atoms with van der Waals surface area (Å²) >= 11 is 7.75. The monoisotopic (exact) mass is 274 g/mol. The zero-order chi connectivity index (χ0) is 12.7. The van der Waals surface area contributed by atoms with Crippen LogP contribution in [0, 0.1) is 10.1 Å². The van der Waals surface area contributed by atoms with Crippen LogP contribution in [0.1, 0.15) is 12.8 Å². The van der Waals surface area contributed by atoms with Crippen molar-refractivity contribution in [1.29, 1.82) is 0 Å². The van der Waals surface area contributed by atoms with E-state index in [0.717, 1.165) is 25.1 Å². The van der Waals surface area contributed by atoms with Crippen LogP contribution in [0.5, 0.6) is 0 Å². The summed E-state index contributed by atoms with van der Waals surface area (Å²) in [5, 5.41) is 14.0. The van der Waals surface area contributed by atoms with Gasteiger partial charge in [0.2, 0.25) is 0 Å². The molecule has 1 rings (SSSR count). The van der Waals surface area contributed by atoms with Gasteiger partial charge in [0.1, 0.15) is 5.02 Å². The molecule has 0 amide bonds. The second-order valence-electron chi connectivity index (χ2n) is 3.52. The van der Waals surface area contributed by atoms with Crippen LogP contribution < -0.4 is 5.32 Å². The summed E-state index contributed by atoms with van der Waals surface area (Å²) < 4.78 is 0. The van der Waals surface area contributed by atoms with Crippen molar-refractivity contribution in [2.75, 3.05) is 23.9 Å². The van der Waals surface area contributed by atoms with Gasteiger partial charge in [0.15, 0.2) is 0 Å². The molecule has 4 nitrogen and oxygen atoms in total. The molecule has 0 heterocycles. The average Bonchev–Trinajstić information content (AvgIpc) is 2.30. The number of nitrogens with zero attached hydrogens (tertiary/aromatic N) is 1. The summed E-state index contributed by atoms with van der Waals surface area (Å²) in [5.41, 5.74) is 0.575. The zero-order valence-corrected chi connectivity index (χ0v) is 11.2. The van der Waals surface area contributed by atoms with Crippen molar-refractivity contribution in [3.63, 3.8) is 0 Å². The van der Waals surface area contributed by atoms with Crippen LogP contribution in [0.15, 0.2) is 18.2 Å². The highest BCUT2D eigenvalue weighted by molar-refractivity contribution is 7.98. The van der Waals surface area contributed by atoms with Gasteiger partial charge in [-0.1, -0.05) is 17.7 Å². The highest BCUT2D eigenvalue weighted by atomic mass is 35.5. The Morgan fingerprint density at radius 1 is 1.47 bits per heavy atom. The Bertz CT molecular complexity index is 388. The third-order valence-electron chi connectivity index (χ3n) is 2.27. The lowest BCUT2D eigenvalue weighted by Crippen LogP contribution is -2.03. The Kier molecular flexibility index (Phi) is 6.15. The van der Waals surface area contributed by atoms with E-state index < -0.39 is 4.92 Å². The van der Waals surface area contributed by atoms with Gasteiger partial charge in [-0.25, -0.2) is 0 Å². The minimum atomic E-state index is -0.471. The number of hydrogen-bond acceptors (Lipinski definition) is 4. The number of hydrogen-bond donors (Lipinski definition) is 1. The summed E-state index contributed by atoms with van der Waals surface area (Å²) in [7, 11) is 0. The SMILES string of the molecule is CSCCCCNc1cccc([N+](=O)[O-])c1Cl. The lowest BCUT2D eigenvalue weighted by atomic mass is 10.2. The van der Waals surface area contributed by atoms with Gasteiger partial charge in [-0.2, -0.15) is 11.8 Å². The van der Waals surface area contributed by atoms with Crippen LogP contribution in [-0.2, 0) is 0 Å². The molecule has 0 aliphatic carbocycles. The van der Waals surface area contributed by atoms with Gasteiger partial charge >= 0.3 is 0 Å². The van der Waals surface area contributed by atoms with Crippen molar-refractivity contribution in [3.05, 3.63) is 33.3 Å². The molecule has 1 aromatic rings. The predicted molar refractivity (Wildman–Crippen MR) is 74.2 cm³/mol. The minimum absolute atomic E-state index is 0.0548. The van der Waals surface area contributed by atoms with Crippen LogP contribution in [0.3, 0.4) is 0 Å². The number of rotatable bonds is 7. The molecule has 94 valence electrons. The molecule has 0 atom stereocenters. The Morgan fingerprint density at radius 2 is 2.24 bits per heavy atom. The first kappa shape index (κ1) is 14.1. The second-order valence-corrected chi connectivity index (χ2v) is 4.89. The first-order valence-corrected chi connectivity index (χ1v) is 7.09. The van der Waals surface area contributed by atoms with E-state index >= 15 is 0 Å². The number of nitro groups is 1. The van der Waals surface area contributed by atoms with E-state index in [4.69, 9.17) is 11.6 Å². The topological polar surface area (TPSA) is 55.2 Å². The van der Waals surface area contributed by atoms with E-state index in [1.54, 1.807) is 12.1 Å². The van der Waals surface area contributed by atoms with Crippen LogP contribution in [0.25, 0.3) is 0 Å². The first-order chi connectivity index (χ1) is 8.16. The quantitative estimate of drug-likeness (QED) is 0.467. The number of anilines is 1. The normalized spacial score (nSPS) is 10.2. The molecule has 1 aromatic carbocycles. The predicted octanol–water partition coefficient (Wildman–Crippen LogP) is 3.80. The molecule has 0 fully saturated rings. The van der Waals surface area contributed by atoms with Gasteiger partial charge in [-0.3, -0.25) is 10.1 Å². The molecule has 0 aliphatic rings. The summed E-state index contributed by atoms with van der Waals surface area (Å²) in [5.74, 6) is 1.13. The van der Waals surface area contributed by atoms with Crippen molar-refractivity contribution in [2.45, 2.75) is 12.8 Å². The molecular weight excluding hydrogens is 260 g/mol. The molecule has 0 aliphatic heterocycles. The van der Waals surface area contributed by atoms with Crippen molar-refractivity contribution in [3.8, 4) is 0 Å². The molecular formula is C11H15ClN2O2S. The summed E-state index contributed by atoms with van der Waals surface area (Å²) in [6, 6.07) is 4.79. The first-order valence-electron chi connectivity index (χ1n) is 5.32. The van der Waals surface area contributed by atoms with E-state index in [0.29, 0.717) is 5.69 Å². The summed E-state index contributed by atoms with van der Waals surface area (Å²) in [4.78, 5) is 10.2. The van der Waals surface area contributed by atoms with E-state index in [2.05, 4.69) is 11.6 Å². The maximum Gasteiger partial charge on any atom is 0.289 e. The molecule has 1 N–H and O–H groups in total. The molecule has 6 heteroatoms. The standard InChI is InChI=1S/C11H15ClN2O2S/c1-17-8-3-2-7-13-9-5-4-6-10(11(9)12)14(15)16/h4-6,13H,2-3,7-8H2,1H3. The fourth-order valence-electron chi connectivity index (χ4n) is 1.39. The zero-order valence-electron chi connectivity index (χ0n) is 9.61. The molecule has 17 heavy (non-hydrogen) atoms. The number of benzene rings is 1. The Labute approximate surface area is 110 Å². The lowest BCUT2D eigenvalue weighted by molar-refractivity contribution is -0.384. The Hall–Kier alpha value is -0.940. The van der Waals surface area contributed by atoms with Crippen LogP contribution >= 0.6 is 23.4 Å². The van der Waals surface area contributed by atoms with Crippen molar-refractivity contribution >= 4 is 34.7 Å². The van der Waals surface area contributed by atoms with E-state index in [-0.39, 0.29) is 10.7 Å². The largest absolute Gasteiger partial charge is 0.384 e. The number of halogens is 1. The number of nitrogens with one attached hydrogen (secondary N) is 1. The number of thioether (sulfide) groups is 1. The maximum absolute atomic E-state index is 10.7. The fourth-order valence-corrected chi connectivity index (χ4v) is 2.15. The van der Waals surface area contributed by atoms with E-state index in [1.807, 2.05) is 11.8 Å². The average molecular weight is 275 g/mol. The highest BCUT2D eigenvalue weighted by Crippen LogP contribution is 2.31. The third kappa shape index (κ3) is 4.44. The van der Waals surface area contributed by atoms with Crippen LogP contribution in [0.4, 0.5) is 11.4 Å². The number of unbranched alkanes of at least 4 members (excludes halogenated alkanes) is 1. The third-order valence-corrected chi connectivity index (χ3v) is 3.36. The van der Waals surface area contributed by atoms with Crippen molar-refractivity contribution < 1.29 is 4.92 Å². The summed E-state index contributed by atoms with van der Waals surface area (Å²) in [6.07, 6.45) is 4.23. The molecule has 0 saturated heterocycles. The second kappa shape index (κ2) is 7.40. The van der Waals surface area contributed by atoms with Gasteiger partial charge in [0, 0.05) is 12.6 Å².